The molecule has 0 aliphatic heterocycles. The third kappa shape index (κ3) is 6.07. The van der Waals surface area contributed by atoms with Gasteiger partial charge in [0.1, 0.15) is 11.9 Å². The van der Waals surface area contributed by atoms with Gasteiger partial charge in [0.15, 0.2) is 0 Å². The molecule has 0 aliphatic rings. The van der Waals surface area contributed by atoms with Gasteiger partial charge in [-0.05, 0) is 31.2 Å². The van der Waals surface area contributed by atoms with E-state index in [-0.39, 0.29) is 23.9 Å². The van der Waals surface area contributed by atoms with Crippen molar-refractivity contribution < 1.29 is 13.9 Å². The minimum absolute atomic E-state index is 0.197. The molecule has 1 unspecified atom stereocenters. The Labute approximate surface area is 117 Å². The summed E-state index contributed by atoms with van der Waals surface area (Å²) in [5.41, 5.74) is 0. The van der Waals surface area contributed by atoms with Crippen LogP contribution < -0.4 is 5.32 Å². The van der Waals surface area contributed by atoms with Gasteiger partial charge in [0.25, 0.3) is 0 Å². The third-order valence-corrected chi connectivity index (χ3v) is 3.44. The standard InChI is InChI=1S/C14H20FNO2S/c1-4-18-14(17)13(16-10(2)3)9-19-12-7-5-11(15)6-8-12/h5-8,10,13,16H,4,9H2,1-3H3. The highest BCUT2D eigenvalue weighted by Gasteiger charge is 2.20. The Bertz CT molecular complexity index is 395. The van der Waals surface area contributed by atoms with Crippen molar-refractivity contribution in [2.75, 3.05) is 12.4 Å². The Balaban J connectivity index is 2.56. The van der Waals surface area contributed by atoms with E-state index in [0.29, 0.717) is 12.4 Å². The topological polar surface area (TPSA) is 38.3 Å². The zero-order chi connectivity index (χ0) is 14.3. The van der Waals surface area contributed by atoms with Gasteiger partial charge in [-0.25, -0.2) is 4.39 Å². The lowest BCUT2D eigenvalue weighted by Gasteiger charge is -2.19. The van der Waals surface area contributed by atoms with Crippen molar-refractivity contribution in [1.82, 2.24) is 5.32 Å². The molecule has 0 fully saturated rings. The second-order valence-electron chi connectivity index (χ2n) is 4.39. The average molecular weight is 285 g/mol. The molecule has 3 nitrogen and oxygen atoms in total. The van der Waals surface area contributed by atoms with Gasteiger partial charge in [0.2, 0.25) is 0 Å². The Morgan fingerprint density at radius 3 is 2.53 bits per heavy atom. The SMILES string of the molecule is CCOC(=O)C(CSc1ccc(F)cc1)NC(C)C. The van der Waals surface area contributed by atoms with Gasteiger partial charge < -0.3 is 10.1 Å². The van der Waals surface area contributed by atoms with Crippen LogP contribution in [-0.4, -0.2) is 30.4 Å². The molecule has 1 rings (SSSR count). The molecule has 0 amide bonds. The Morgan fingerprint density at radius 1 is 1.37 bits per heavy atom. The zero-order valence-electron chi connectivity index (χ0n) is 11.5. The van der Waals surface area contributed by atoms with Crippen LogP contribution in [-0.2, 0) is 9.53 Å². The summed E-state index contributed by atoms with van der Waals surface area (Å²) in [7, 11) is 0. The first-order chi connectivity index (χ1) is 9.02. The van der Waals surface area contributed by atoms with E-state index < -0.39 is 0 Å². The first kappa shape index (κ1) is 16.0. The van der Waals surface area contributed by atoms with Crippen molar-refractivity contribution >= 4 is 17.7 Å². The quantitative estimate of drug-likeness (QED) is 0.617. The molecule has 0 aliphatic carbocycles. The van der Waals surface area contributed by atoms with Crippen LogP contribution in [0.1, 0.15) is 20.8 Å². The van der Waals surface area contributed by atoms with Crippen molar-refractivity contribution in [3.05, 3.63) is 30.1 Å². The highest BCUT2D eigenvalue weighted by atomic mass is 32.2. The molecule has 0 saturated carbocycles. The van der Waals surface area contributed by atoms with Gasteiger partial charge in [-0.1, -0.05) is 13.8 Å². The van der Waals surface area contributed by atoms with E-state index in [2.05, 4.69) is 5.32 Å². The summed E-state index contributed by atoms with van der Waals surface area (Å²) in [6.07, 6.45) is 0. The van der Waals surface area contributed by atoms with E-state index >= 15 is 0 Å². The van der Waals surface area contributed by atoms with Crippen molar-refractivity contribution in [1.29, 1.82) is 0 Å². The molecule has 1 aromatic rings. The van der Waals surface area contributed by atoms with Crippen LogP contribution in [0.3, 0.4) is 0 Å². The largest absolute Gasteiger partial charge is 0.465 e. The number of hydrogen-bond donors (Lipinski definition) is 1. The zero-order valence-corrected chi connectivity index (χ0v) is 12.3. The second-order valence-corrected chi connectivity index (χ2v) is 5.48. The fourth-order valence-electron chi connectivity index (χ4n) is 1.54. The molecule has 5 heteroatoms. The summed E-state index contributed by atoms with van der Waals surface area (Å²) in [4.78, 5) is 12.7. The van der Waals surface area contributed by atoms with Crippen molar-refractivity contribution in [3.63, 3.8) is 0 Å². The number of rotatable bonds is 7. The smallest absolute Gasteiger partial charge is 0.324 e. The summed E-state index contributed by atoms with van der Waals surface area (Å²) >= 11 is 1.50. The van der Waals surface area contributed by atoms with Gasteiger partial charge in [-0.15, -0.1) is 11.8 Å². The maximum absolute atomic E-state index is 12.8. The molecule has 19 heavy (non-hydrogen) atoms. The lowest BCUT2D eigenvalue weighted by molar-refractivity contribution is -0.145. The van der Waals surface area contributed by atoms with E-state index in [4.69, 9.17) is 4.74 Å². The van der Waals surface area contributed by atoms with Gasteiger partial charge in [-0.2, -0.15) is 0 Å². The lowest BCUT2D eigenvalue weighted by atomic mass is 10.3. The van der Waals surface area contributed by atoms with E-state index in [0.717, 1.165) is 4.90 Å². The number of ether oxygens (including phenoxy) is 1. The number of nitrogens with one attached hydrogen (secondary N) is 1. The molecule has 1 aromatic carbocycles. The summed E-state index contributed by atoms with van der Waals surface area (Å²) < 4.78 is 17.8. The van der Waals surface area contributed by atoms with Gasteiger partial charge in [0, 0.05) is 16.7 Å². The molecule has 106 valence electrons. The molecule has 0 bridgehead atoms. The number of halogens is 1. The monoisotopic (exact) mass is 285 g/mol. The number of carbonyl (C=O) groups is 1. The van der Waals surface area contributed by atoms with Gasteiger partial charge in [0.05, 0.1) is 6.61 Å². The summed E-state index contributed by atoms with van der Waals surface area (Å²) in [5, 5.41) is 3.18. The molecule has 1 atom stereocenters. The molecule has 0 aromatic heterocycles. The highest BCUT2D eigenvalue weighted by molar-refractivity contribution is 7.99. The highest BCUT2D eigenvalue weighted by Crippen LogP contribution is 2.19. The molecular weight excluding hydrogens is 265 g/mol. The number of benzene rings is 1. The van der Waals surface area contributed by atoms with Crippen molar-refractivity contribution in [3.8, 4) is 0 Å². The fourth-order valence-corrected chi connectivity index (χ4v) is 2.46. The molecular formula is C14H20FNO2S. The molecule has 1 N–H and O–H groups in total. The van der Waals surface area contributed by atoms with Crippen LogP contribution >= 0.6 is 11.8 Å². The number of thioether (sulfide) groups is 1. The van der Waals surface area contributed by atoms with Crippen molar-refractivity contribution in [2.24, 2.45) is 0 Å². The van der Waals surface area contributed by atoms with E-state index in [1.54, 1.807) is 19.1 Å². The normalized spacial score (nSPS) is 12.5. The molecule has 0 heterocycles. The Kier molecular flexibility index (Phi) is 6.87. The van der Waals surface area contributed by atoms with Crippen LogP contribution in [0.2, 0.25) is 0 Å². The predicted molar refractivity (Wildman–Crippen MR) is 75.8 cm³/mol. The average Bonchev–Trinajstić information content (AvgIpc) is 2.36. The summed E-state index contributed by atoms with van der Waals surface area (Å²) in [6, 6.07) is 6.09. The molecule has 0 spiro atoms. The van der Waals surface area contributed by atoms with Crippen molar-refractivity contribution in [2.45, 2.75) is 37.8 Å². The maximum atomic E-state index is 12.8. The maximum Gasteiger partial charge on any atom is 0.324 e. The van der Waals surface area contributed by atoms with Crippen LogP contribution in [0.5, 0.6) is 0 Å². The Hall–Kier alpha value is -1.07. The second kappa shape index (κ2) is 8.17. The number of esters is 1. The summed E-state index contributed by atoms with van der Waals surface area (Å²) in [5.74, 6) is 0.0558. The van der Waals surface area contributed by atoms with E-state index in [1.165, 1.54) is 23.9 Å². The lowest BCUT2D eigenvalue weighted by Crippen LogP contribution is -2.43. The van der Waals surface area contributed by atoms with Crippen LogP contribution in [0, 0.1) is 5.82 Å². The first-order valence-corrected chi connectivity index (χ1v) is 7.32. The van der Waals surface area contributed by atoms with E-state index in [1.807, 2.05) is 13.8 Å². The number of carbonyl (C=O) groups excluding carboxylic acids is 1. The minimum Gasteiger partial charge on any atom is -0.465 e. The fraction of sp³-hybridized carbons (Fsp3) is 0.500. The van der Waals surface area contributed by atoms with Crippen LogP contribution in [0.4, 0.5) is 4.39 Å². The summed E-state index contributed by atoms with van der Waals surface area (Å²) in [6.45, 7) is 6.12. The van der Waals surface area contributed by atoms with Crippen LogP contribution in [0.15, 0.2) is 29.2 Å². The van der Waals surface area contributed by atoms with Gasteiger partial charge in [-0.3, -0.25) is 4.79 Å². The van der Waals surface area contributed by atoms with E-state index in [9.17, 15) is 9.18 Å². The Morgan fingerprint density at radius 2 is 2.00 bits per heavy atom. The van der Waals surface area contributed by atoms with Gasteiger partial charge >= 0.3 is 5.97 Å². The van der Waals surface area contributed by atoms with Crippen LogP contribution in [0.25, 0.3) is 0 Å². The first-order valence-electron chi connectivity index (χ1n) is 6.34. The molecule has 0 radical (unpaired) electrons. The minimum atomic E-state index is -0.352. The molecule has 0 saturated heterocycles. The third-order valence-electron chi connectivity index (χ3n) is 2.34. The number of hydrogen-bond acceptors (Lipinski definition) is 4. The predicted octanol–water partition coefficient (Wildman–Crippen LogP) is 2.85.